The van der Waals surface area contributed by atoms with Crippen LogP contribution in [0.2, 0.25) is 0 Å². The molecule has 0 spiro atoms. The Morgan fingerprint density at radius 2 is 2.22 bits per heavy atom. The molecule has 0 amide bonds. The van der Waals surface area contributed by atoms with Gasteiger partial charge >= 0.3 is 5.97 Å². The predicted molar refractivity (Wildman–Crippen MR) is 94.7 cm³/mol. The van der Waals surface area contributed by atoms with Crippen LogP contribution in [0.25, 0.3) is 0 Å². The third-order valence-corrected chi connectivity index (χ3v) is 4.09. The fraction of sp³-hybridized carbons (Fsp3) is 0.167. The van der Waals surface area contributed by atoms with Gasteiger partial charge in [-0.3, -0.25) is 0 Å². The average molecular weight is 328 g/mol. The molecule has 1 aliphatic heterocycles. The molecule has 5 heteroatoms. The van der Waals surface area contributed by atoms with Crippen LogP contribution in [0.4, 0.5) is 0 Å². The fourth-order valence-corrected chi connectivity index (χ4v) is 2.76. The van der Waals surface area contributed by atoms with Crippen molar-refractivity contribution in [1.82, 2.24) is 10.2 Å². The molecular formula is C18H20N2O2S. The second-order valence-corrected chi connectivity index (χ2v) is 5.83. The van der Waals surface area contributed by atoms with E-state index >= 15 is 0 Å². The van der Waals surface area contributed by atoms with Crippen LogP contribution >= 0.6 is 11.8 Å². The number of hydrogen-bond donors (Lipinski definition) is 2. The largest absolute Gasteiger partial charge is 0.476 e. The van der Waals surface area contributed by atoms with Gasteiger partial charge in [0.15, 0.2) is 5.70 Å². The molecule has 0 aliphatic carbocycles. The molecule has 2 rings (SSSR count). The van der Waals surface area contributed by atoms with E-state index < -0.39 is 5.97 Å². The number of nitrogens with one attached hydrogen (secondary N) is 1. The number of carboxylic acid groups (broad SMARTS) is 1. The maximum absolute atomic E-state index is 11.7. The van der Waals surface area contributed by atoms with Gasteiger partial charge in [-0.25, -0.2) is 4.79 Å². The van der Waals surface area contributed by atoms with E-state index in [2.05, 4.69) is 18.0 Å². The molecule has 1 aromatic rings. The second kappa shape index (κ2) is 7.74. The molecule has 0 saturated heterocycles. The Morgan fingerprint density at radius 1 is 1.43 bits per heavy atom. The van der Waals surface area contributed by atoms with Crippen LogP contribution in [0.1, 0.15) is 12.5 Å². The van der Waals surface area contributed by atoms with Crippen LogP contribution in [-0.2, 0) is 11.3 Å². The number of nitrogens with zero attached hydrogens (tertiary/aromatic N) is 1. The normalized spacial score (nSPS) is 14.7. The Morgan fingerprint density at radius 3 is 2.87 bits per heavy atom. The van der Waals surface area contributed by atoms with Gasteiger partial charge in [0.2, 0.25) is 0 Å². The first-order chi connectivity index (χ1) is 11.1. The van der Waals surface area contributed by atoms with Crippen molar-refractivity contribution >= 4 is 17.7 Å². The van der Waals surface area contributed by atoms with Gasteiger partial charge in [-0.05, 0) is 43.0 Å². The molecule has 23 heavy (non-hydrogen) atoms. The molecule has 0 unspecified atom stereocenters. The molecule has 4 nitrogen and oxygen atoms in total. The zero-order valence-corrected chi connectivity index (χ0v) is 14.1. The SMILES string of the molecule is C=C1C=CC(NCc2cccc(SC)c2)=C(C(=O)O)N1/C=C\C. The molecule has 0 bridgehead atoms. The topological polar surface area (TPSA) is 52.6 Å². The lowest BCUT2D eigenvalue weighted by Gasteiger charge is -2.27. The molecule has 1 heterocycles. The maximum atomic E-state index is 11.7. The number of benzene rings is 1. The van der Waals surface area contributed by atoms with E-state index in [0.717, 1.165) is 5.56 Å². The number of carbonyl (C=O) groups is 1. The number of aliphatic carboxylic acids is 1. The molecule has 0 aromatic heterocycles. The van der Waals surface area contributed by atoms with Gasteiger partial charge in [0.05, 0.1) is 5.70 Å². The molecule has 0 fully saturated rings. The Balaban J connectivity index is 2.25. The minimum atomic E-state index is -0.992. The van der Waals surface area contributed by atoms with Crippen molar-refractivity contribution in [3.05, 3.63) is 77.9 Å². The Hall–Kier alpha value is -2.40. The lowest BCUT2D eigenvalue weighted by Crippen LogP contribution is -2.29. The number of hydrogen-bond acceptors (Lipinski definition) is 4. The van der Waals surface area contributed by atoms with Crippen molar-refractivity contribution in [3.63, 3.8) is 0 Å². The highest BCUT2D eigenvalue weighted by atomic mass is 32.2. The van der Waals surface area contributed by atoms with Crippen molar-refractivity contribution in [1.29, 1.82) is 0 Å². The summed E-state index contributed by atoms with van der Waals surface area (Å²) in [6, 6.07) is 8.16. The summed E-state index contributed by atoms with van der Waals surface area (Å²) in [6.07, 6.45) is 9.07. The molecule has 0 atom stereocenters. The molecular weight excluding hydrogens is 308 g/mol. The highest BCUT2D eigenvalue weighted by molar-refractivity contribution is 7.98. The molecule has 0 saturated carbocycles. The van der Waals surface area contributed by atoms with Gasteiger partial charge in [-0.15, -0.1) is 11.8 Å². The minimum absolute atomic E-state index is 0.177. The summed E-state index contributed by atoms with van der Waals surface area (Å²) in [4.78, 5) is 14.4. The van der Waals surface area contributed by atoms with E-state index in [1.165, 1.54) is 4.90 Å². The summed E-state index contributed by atoms with van der Waals surface area (Å²) < 4.78 is 0. The van der Waals surface area contributed by atoms with Crippen LogP contribution in [0.5, 0.6) is 0 Å². The highest BCUT2D eigenvalue weighted by Gasteiger charge is 2.23. The number of rotatable bonds is 6. The van der Waals surface area contributed by atoms with E-state index in [-0.39, 0.29) is 5.70 Å². The Labute approximate surface area is 140 Å². The first-order valence-corrected chi connectivity index (χ1v) is 8.42. The predicted octanol–water partition coefficient (Wildman–Crippen LogP) is 3.71. The van der Waals surface area contributed by atoms with Crippen molar-refractivity contribution < 1.29 is 9.90 Å². The second-order valence-electron chi connectivity index (χ2n) is 4.95. The van der Waals surface area contributed by atoms with Crippen LogP contribution in [0.3, 0.4) is 0 Å². The van der Waals surface area contributed by atoms with Gasteiger partial charge in [0, 0.05) is 23.3 Å². The van der Waals surface area contributed by atoms with Crippen molar-refractivity contribution in [2.75, 3.05) is 6.26 Å². The van der Waals surface area contributed by atoms with Gasteiger partial charge in [0.25, 0.3) is 0 Å². The van der Waals surface area contributed by atoms with Crippen LogP contribution in [-0.4, -0.2) is 22.2 Å². The summed E-state index contributed by atoms with van der Waals surface area (Å²) in [5.74, 6) is -0.992. The lowest BCUT2D eigenvalue weighted by atomic mass is 10.1. The minimum Gasteiger partial charge on any atom is -0.476 e. The van der Waals surface area contributed by atoms with E-state index in [1.54, 1.807) is 41.1 Å². The zero-order valence-electron chi connectivity index (χ0n) is 13.2. The molecule has 0 radical (unpaired) electrons. The highest BCUT2D eigenvalue weighted by Crippen LogP contribution is 2.23. The quantitative estimate of drug-likeness (QED) is 0.780. The lowest BCUT2D eigenvalue weighted by molar-refractivity contribution is -0.134. The van der Waals surface area contributed by atoms with Crippen molar-refractivity contribution in [3.8, 4) is 0 Å². The van der Waals surface area contributed by atoms with Gasteiger partial charge in [-0.2, -0.15) is 0 Å². The summed E-state index contributed by atoms with van der Waals surface area (Å²) in [5, 5.41) is 12.8. The van der Waals surface area contributed by atoms with Gasteiger partial charge in [-0.1, -0.05) is 24.8 Å². The number of allylic oxidation sites excluding steroid dienone is 3. The summed E-state index contributed by atoms with van der Waals surface area (Å²) >= 11 is 1.68. The van der Waals surface area contributed by atoms with Crippen molar-refractivity contribution in [2.45, 2.75) is 18.4 Å². The molecule has 120 valence electrons. The maximum Gasteiger partial charge on any atom is 0.355 e. The fourth-order valence-electron chi connectivity index (χ4n) is 2.27. The summed E-state index contributed by atoms with van der Waals surface area (Å²) in [5.41, 5.74) is 2.47. The van der Waals surface area contributed by atoms with Gasteiger partial charge < -0.3 is 15.3 Å². The van der Waals surface area contributed by atoms with E-state index in [1.807, 2.05) is 31.4 Å². The van der Waals surface area contributed by atoms with Gasteiger partial charge in [0.1, 0.15) is 0 Å². The zero-order chi connectivity index (χ0) is 16.8. The third-order valence-electron chi connectivity index (χ3n) is 3.37. The average Bonchev–Trinajstić information content (AvgIpc) is 2.55. The van der Waals surface area contributed by atoms with Crippen molar-refractivity contribution in [2.24, 2.45) is 0 Å². The first-order valence-electron chi connectivity index (χ1n) is 7.20. The number of carboxylic acids is 1. The van der Waals surface area contributed by atoms with Crippen LogP contribution < -0.4 is 5.32 Å². The Bertz CT molecular complexity index is 705. The third kappa shape index (κ3) is 4.07. The number of thioether (sulfide) groups is 1. The van der Waals surface area contributed by atoms with E-state index in [9.17, 15) is 9.90 Å². The summed E-state index contributed by atoms with van der Waals surface area (Å²) in [7, 11) is 0. The van der Waals surface area contributed by atoms with E-state index in [4.69, 9.17) is 0 Å². The molecule has 2 N–H and O–H groups in total. The van der Waals surface area contributed by atoms with Crippen LogP contribution in [0, 0.1) is 0 Å². The monoisotopic (exact) mass is 328 g/mol. The molecule has 1 aromatic carbocycles. The molecule has 1 aliphatic rings. The van der Waals surface area contributed by atoms with Crippen LogP contribution in [0.15, 0.2) is 77.3 Å². The Kier molecular flexibility index (Phi) is 5.71. The standard InChI is InChI=1S/C18H20N2O2S/c1-4-10-20-13(2)8-9-16(17(20)18(21)22)19-12-14-6-5-7-15(11-14)23-3/h4-11,19H,2,12H2,1,3H3,(H,21,22)/b10-4-. The first kappa shape index (κ1) is 17.0. The smallest absolute Gasteiger partial charge is 0.355 e. The van der Waals surface area contributed by atoms with E-state index in [0.29, 0.717) is 17.9 Å². The summed E-state index contributed by atoms with van der Waals surface area (Å²) in [6.45, 7) is 6.28.